The lowest BCUT2D eigenvalue weighted by molar-refractivity contribution is 0.102. The van der Waals surface area contributed by atoms with Crippen LogP contribution in [-0.2, 0) is 0 Å². The van der Waals surface area contributed by atoms with Crippen LogP contribution in [0.5, 0.6) is 5.75 Å². The van der Waals surface area contributed by atoms with Crippen LogP contribution in [0.1, 0.15) is 35.8 Å². The number of methoxy groups -OCH3 is 1. The van der Waals surface area contributed by atoms with E-state index >= 15 is 0 Å². The number of nitrogens with zero attached hydrogens (tertiary/aromatic N) is 1. The van der Waals surface area contributed by atoms with Crippen LogP contribution in [-0.4, -0.2) is 23.2 Å². The van der Waals surface area contributed by atoms with Crippen molar-refractivity contribution in [1.29, 1.82) is 0 Å². The highest BCUT2D eigenvalue weighted by atomic mass is 79.9. The van der Waals surface area contributed by atoms with Gasteiger partial charge in [0, 0.05) is 17.3 Å². The maximum atomic E-state index is 12.1. The molecule has 0 radical (unpaired) electrons. The van der Waals surface area contributed by atoms with E-state index in [-0.39, 0.29) is 5.91 Å². The number of rotatable bonds is 4. The first kappa shape index (κ1) is 14.6. The van der Waals surface area contributed by atoms with Gasteiger partial charge in [0.2, 0.25) is 0 Å². The Morgan fingerprint density at radius 2 is 2.15 bits per heavy atom. The molecule has 0 fully saturated rings. The summed E-state index contributed by atoms with van der Waals surface area (Å²) in [6.07, 6.45) is 0. The summed E-state index contributed by atoms with van der Waals surface area (Å²) in [6.45, 7) is 4.11. The lowest BCUT2D eigenvalue weighted by atomic mass is 10.1. The van der Waals surface area contributed by atoms with Crippen molar-refractivity contribution in [2.45, 2.75) is 19.8 Å². The van der Waals surface area contributed by atoms with Gasteiger partial charge >= 0.3 is 0 Å². The summed E-state index contributed by atoms with van der Waals surface area (Å²) in [6, 6.07) is 6.99. The van der Waals surface area contributed by atoms with Gasteiger partial charge in [0.1, 0.15) is 5.75 Å². The second kappa shape index (κ2) is 6.09. The summed E-state index contributed by atoms with van der Waals surface area (Å²) in [7, 11) is 1.58. The fourth-order valence-corrected chi connectivity index (χ4v) is 2.23. The monoisotopic (exact) mass is 337 g/mol. The van der Waals surface area contributed by atoms with Gasteiger partial charge in [0.25, 0.3) is 5.91 Å². The number of anilines is 1. The summed E-state index contributed by atoms with van der Waals surface area (Å²) < 4.78 is 5.87. The predicted octanol–water partition coefficient (Wildman–Crippen LogP) is 3.56. The van der Waals surface area contributed by atoms with Crippen molar-refractivity contribution in [3.63, 3.8) is 0 Å². The second-order valence-electron chi connectivity index (χ2n) is 4.67. The lowest BCUT2D eigenvalue weighted by Crippen LogP contribution is -2.12. The molecule has 20 heavy (non-hydrogen) atoms. The van der Waals surface area contributed by atoms with E-state index in [9.17, 15) is 4.79 Å². The third kappa shape index (κ3) is 3.19. The number of nitrogens with one attached hydrogen (secondary N) is 2. The average molecular weight is 338 g/mol. The molecule has 6 heteroatoms. The first-order valence-electron chi connectivity index (χ1n) is 6.21. The Balaban J connectivity index is 2.13. The first-order valence-corrected chi connectivity index (χ1v) is 7.00. The molecule has 1 aromatic heterocycles. The van der Waals surface area contributed by atoms with E-state index in [1.165, 1.54) is 0 Å². The second-order valence-corrected chi connectivity index (χ2v) is 5.52. The van der Waals surface area contributed by atoms with Gasteiger partial charge in [-0.05, 0) is 40.0 Å². The molecule has 0 bridgehead atoms. The van der Waals surface area contributed by atoms with Crippen LogP contribution >= 0.6 is 15.9 Å². The maximum Gasteiger partial charge on any atom is 0.256 e. The van der Waals surface area contributed by atoms with Crippen molar-refractivity contribution in [2.24, 2.45) is 0 Å². The van der Waals surface area contributed by atoms with Gasteiger partial charge in [-0.3, -0.25) is 9.89 Å². The molecule has 1 heterocycles. The fourth-order valence-electron chi connectivity index (χ4n) is 1.69. The Morgan fingerprint density at radius 3 is 2.70 bits per heavy atom. The molecule has 106 valence electrons. The Morgan fingerprint density at radius 1 is 1.40 bits per heavy atom. The predicted molar refractivity (Wildman–Crippen MR) is 81.3 cm³/mol. The zero-order valence-electron chi connectivity index (χ0n) is 11.5. The molecule has 2 N–H and O–H groups in total. The maximum absolute atomic E-state index is 12.1. The largest absolute Gasteiger partial charge is 0.496 e. The molecule has 0 saturated heterocycles. The van der Waals surface area contributed by atoms with Crippen molar-refractivity contribution >= 4 is 27.7 Å². The van der Waals surface area contributed by atoms with Gasteiger partial charge in [-0.2, -0.15) is 5.10 Å². The Kier molecular flexibility index (Phi) is 4.44. The molecule has 1 amide bonds. The zero-order valence-corrected chi connectivity index (χ0v) is 13.1. The summed E-state index contributed by atoms with van der Waals surface area (Å²) in [5.74, 6) is 1.33. The Bertz CT molecular complexity index is 623. The number of amides is 1. The van der Waals surface area contributed by atoms with Crippen LogP contribution in [0.2, 0.25) is 0 Å². The van der Waals surface area contributed by atoms with E-state index in [0.29, 0.717) is 23.0 Å². The minimum atomic E-state index is -0.213. The van der Waals surface area contributed by atoms with E-state index in [1.807, 2.05) is 6.07 Å². The van der Waals surface area contributed by atoms with E-state index in [1.54, 1.807) is 25.3 Å². The van der Waals surface area contributed by atoms with Crippen molar-refractivity contribution in [3.8, 4) is 5.75 Å². The molecule has 1 aromatic carbocycles. The van der Waals surface area contributed by atoms with Crippen LogP contribution in [0.25, 0.3) is 0 Å². The molecule has 0 unspecified atom stereocenters. The first-order chi connectivity index (χ1) is 9.51. The van der Waals surface area contributed by atoms with Gasteiger partial charge in [0.15, 0.2) is 5.82 Å². The highest BCUT2D eigenvalue weighted by Crippen LogP contribution is 2.26. The van der Waals surface area contributed by atoms with Crippen molar-refractivity contribution < 1.29 is 9.53 Å². The smallest absolute Gasteiger partial charge is 0.256 e. The molecule has 0 saturated carbocycles. The van der Waals surface area contributed by atoms with Gasteiger partial charge in [0.05, 0.1) is 11.6 Å². The minimum absolute atomic E-state index is 0.213. The van der Waals surface area contributed by atoms with E-state index in [4.69, 9.17) is 4.74 Å². The third-order valence-electron chi connectivity index (χ3n) is 2.88. The zero-order chi connectivity index (χ0) is 14.7. The standard InChI is InChI=1S/C14H16BrN3O2/c1-8(2)11-7-13(18-17-11)16-14(19)9-4-5-12(20-3)10(15)6-9/h4-8H,1-3H3,(H2,16,17,18,19). The molecule has 5 nitrogen and oxygen atoms in total. The van der Waals surface area contributed by atoms with Crippen molar-refractivity contribution in [2.75, 3.05) is 12.4 Å². The number of benzene rings is 1. The Hall–Kier alpha value is -1.82. The summed E-state index contributed by atoms with van der Waals surface area (Å²) >= 11 is 3.36. The molecule has 0 atom stereocenters. The number of halogens is 1. The number of H-pyrrole nitrogens is 1. The molecule has 0 aliphatic heterocycles. The molecule has 2 aromatic rings. The van der Waals surface area contributed by atoms with E-state index in [0.717, 1.165) is 10.2 Å². The number of hydrogen-bond acceptors (Lipinski definition) is 3. The number of carbonyl (C=O) groups excluding carboxylic acids is 1. The van der Waals surface area contributed by atoms with Gasteiger partial charge in [-0.15, -0.1) is 0 Å². The fraction of sp³-hybridized carbons (Fsp3) is 0.286. The van der Waals surface area contributed by atoms with Crippen LogP contribution in [0.15, 0.2) is 28.7 Å². The quantitative estimate of drug-likeness (QED) is 0.896. The van der Waals surface area contributed by atoms with Crippen LogP contribution < -0.4 is 10.1 Å². The molecule has 2 rings (SSSR count). The van der Waals surface area contributed by atoms with Gasteiger partial charge in [-0.25, -0.2) is 0 Å². The van der Waals surface area contributed by atoms with Crippen LogP contribution in [0, 0.1) is 0 Å². The Labute approximate surface area is 125 Å². The lowest BCUT2D eigenvalue weighted by Gasteiger charge is -2.06. The summed E-state index contributed by atoms with van der Waals surface area (Å²) in [4.78, 5) is 12.1. The molecule has 0 spiro atoms. The van der Waals surface area contributed by atoms with Crippen LogP contribution in [0.4, 0.5) is 5.82 Å². The number of aromatic nitrogens is 2. The SMILES string of the molecule is COc1ccc(C(=O)Nc2cc(C(C)C)[nH]n2)cc1Br. The number of hydrogen-bond donors (Lipinski definition) is 2. The molecular formula is C14H16BrN3O2. The summed E-state index contributed by atoms with van der Waals surface area (Å²) in [5, 5.41) is 9.72. The molecular weight excluding hydrogens is 322 g/mol. The molecule has 0 aliphatic carbocycles. The van der Waals surface area contributed by atoms with E-state index < -0.39 is 0 Å². The van der Waals surface area contributed by atoms with Crippen LogP contribution in [0.3, 0.4) is 0 Å². The normalized spacial score (nSPS) is 10.7. The molecule has 0 aliphatic rings. The number of aromatic amines is 1. The highest BCUT2D eigenvalue weighted by molar-refractivity contribution is 9.10. The van der Waals surface area contributed by atoms with Crippen molar-refractivity contribution in [3.05, 3.63) is 40.0 Å². The summed E-state index contributed by atoms with van der Waals surface area (Å²) in [5.41, 5.74) is 1.52. The van der Waals surface area contributed by atoms with E-state index in [2.05, 4.69) is 45.3 Å². The minimum Gasteiger partial charge on any atom is -0.496 e. The van der Waals surface area contributed by atoms with Gasteiger partial charge < -0.3 is 10.1 Å². The number of carbonyl (C=O) groups is 1. The topological polar surface area (TPSA) is 67.0 Å². The average Bonchev–Trinajstić information content (AvgIpc) is 2.87. The number of ether oxygens (including phenoxy) is 1. The van der Waals surface area contributed by atoms with Gasteiger partial charge in [-0.1, -0.05) is 13.8 Å². The highest BCUT2D eigenvalue weighted by Gasteiger charge is 2.11. The van der Waals surface area contributed by atoms with Crippen molar-refractivity contribution in [1.82, 2.24) is 10.2 Å². The third-order valence-corrected chi connectivity index (χ3v) is 3.49.